The molecule has 2 heteroatoms. The van der Waals surface area contributed by atoms with E-state index in [0.29, 0.717) is 12.1 Å². The first-order valence-electron chi connectivity index (χ1n) is 6.64. The third kappa shape index (κ3) is 4.39. The second-order valence-electron chi connectivity index (χ2n) is 5.15. The molecule has 96 valence electrons. The van der Waals surface area contributed by atoms with Gasteiger partial charge in [0.2, 0.25) is 0 Å². The zero-order chi connectivity index (χ0) is 12.8. The maximum absolute atomic E-state index is 5.83. The van der Waals surface area contributed by atoms with E-state index in [9.17, 15) is 0 Å². The molecular weight excluding hydrogens is 208 g/mol. The average Bonchev–Trinajstić information content (AvgIpc) is 2.26. The number of hydrogen-bond donors (Lipinski definition) is 1. The van der Waals surface area contributed by atoms with Gasteiger partial charge in [0, 0.05) is 24.3 Å². The first-order valence-corrected chi connectivity index (χ1v) is 6.64. The number of benzene rings is 1. The molecule has 0 saturated heterocycles. The molecule has 0 fully saturated rings. The summed E-state index contributed by atoms with van der Waals surface area (Å²) in [5.41, 5.74) is 7.99. The molecule has 0 heterocycles. The standard InChI is InChI=1S/C15H26N2/c1-5-7-13(4)17(12(2)3)11-14-8-6-9-15(16)10-14/h6,8-10,12-13H,5,7,11,16H2,1-4H3. The van der Waals surface area contributed by atoms with Crippen LogP contribution in [-0.2, 0) is 6.54 Å². The van der Waals surface area contributed by atoms with Gasteiger partial charge in [-0.3, -0.25) is 4.90 Å². The van der Waals surface area contributed by atoms with Gasteiger partial charge < -0.3 is 5.73 Å². The van der Waals surface area contributed by atoms with Gasteiger partial charge in [-0.25, -0.2) is 0 Å². The minimum atomic E-state index is 0.568. The maximum Gasteiger partial charge on any atom is 0.0317 e. The number of anilines is 1. The zero-order valence-corrected chi connectivity index (χ0v) is 11.6. The molecule has 2 nitrogen and oxygen atoms in total. The molecule has 1 atom stereocenters. The lowest BCUT2D eigenvalue weighted by atomic mass is 10.1. The van der Waals surface area contributed by atoms with Gasteiger partial charge >= 0.3 is 0 Å². The quantitative estimate of drug-likeness (QED) is 0.761. The predicted molar refractivity (Wildman–Crippen MR) is 75.9 cm³/mol. The summed E-state index contributed by atoms with van der Waals surface area (Å²) in [6.07, 6.45) is 2.49. The van der Waals surface area contributed by atoms with Crippen molar-refractivity contribution >= 4 is 5.69 Å². The Balaban J connectivity index is 2.73. The highest BCUT2D eigenvalue weighted by Gasteiger charge is 2.16. The highest BCUT2D eigenvalue weighted by atomic mass is 15.2. The molecule has 0 spiro atoms. The van der Waals surface area contributed by atoms with Gasteiger partial charge in [-0.05, 0) is 44.9 Å². The minimum absolute atomic E-state index is 0.568. The topological polar surface area (TPSA) is 29.3 Å². The van der Waals surface area contributed by atoms with Crippen molar-refractivity contribution in [2.75, 3.05) is 5.73 Å². The van der Waals surface area contributed by atoms with Crippen LogP contribution < -0.4 is 5.73 Å². The van der Waals surface area contributed by atoms with Crippen LogP contribution in [0.25, 0.3) is 0 Å². The molecule has 0 aliphatic heterocycles. The number of nitrogen functional groups attached to an aromatic ring is 1. The predicted octanol–water partition coefficient (Wildman–Crippen LogP) is 3.67. The molecule has 0 amide bonds. The summed E-state index contributed by atoms with van der Waals surface area (Å²) < 4.78 is 0. The molecule has 1 rings (SSSR count). The van der Waals surface area contributed by atoms with E-state index in [4.69, 9.17) is 5.73 Å². The Morgan fingerprint density at radius 3 is 2.47 bits per heavy atom. The summed E-state index contributed by atoms with van der Waals surface area (Å²) in [6.45, 7) is 10.1. The molecule has 17 heavy (non-hydrogen) atoms. The summed E-state index contributed by atoms with van der Waals surface area (Å²) >= 11 is 0. The lowest BCUT2D eigenvalue weighted by Crippen LogP contribution is -2.38. The van der Waals surface area contributed by atoms with Gasteiger partial charge in [-0.15, -0.1) is 0 Å². The van der Waals surface area contributed by atoms with E-state index in [2.05, 4.69) is 44.7 Å². The van der Waals surface area contributed by atoms with Crippen LogP contribution in [-0.4, -0.2) is 17.0 Å². The molecular formula is C15H26N2. The molecule has 0 aliphatic rings. The summed E-state index contributed by atoms with van der Waals surface area (Å²) in [5.74, 6) is 0. The lowest BCUT2D eigenvalue weighted by molar-refractivity contribution is 0.147. The number of hydrogen-bond acceptors (Lipinski definition) is 2. The molecule has 1 unspecified atom stereocenters. The molecule has 2 N–H and O–H groups in total. The highest BCUT2D eigenvalue weighted by molar-refractivity contribution is 5.40. The molecule has 0 radical (unpaired) electrons. The van der Waals surface area contributed by atoms with Gasteiger partial charge in [0.1, 0.15) is 0 Å². The zero-order valence-electron chi connectivity index (χ0n) is 11.6. The Morgan fingerprint density at radius 1 is 1.24 bits per heavy atom. The van der Waals surface area contributed by atoms with Crippen molar-refractivity contribution in [3.63, 3.8) is 0 Å². The van der Waals surface area contributed by atoms with Crippen molar-refractivity contribution in [1.82, 2.24) is 4.90 Å². The fourth-order valence-electron chi connectivity index (χ4n) is 2.33. The van der Waals surface area contributed by atoms with E-state index in [1.165, 1.54) is 18.4 Å². The fraction of sp³-hybridized carbons (Fsp3) is 0.600. The highest BCUT2D eigenvalue weighted by Crippen LogP contribution is 2.16. The third-order valence-electron chi connectivity index (χ3n) is 3.25. The smallest absolute Gasteiger partial charge is 0.0317 e. The van der Waals surface area contributed by atoms with Crippen LogP contribution in [0.2, 0.25) is 0 Å². The van der Waals surface area contributed by atoms with Gasteiger partial charge in [0.15, 0.2) is 0 Å². The number of nitrogens with zero attached hydrogens (tertiary/aromatic N) is 1. The Kier molecular flexibility index (Phi) is 5.49. The second kappa shape index (κ2) is 6.65. The third-order valence-corrected chi connectivity index (χ3v) is 3.25. The van der Waals surface area contributed by atoms with Crippen LogP contribution in [0.15, 0.2) is 24.3 Å². The first kappa shape index (κ1) is 14.0. The van der Waals surface area contributed by atoms with Crippen molar-refractivity contribution in [2.24, 2.45) is 0 Å². The van der Waals surface area contributed by atoms with E-state index in [1.54, 1.807) is 0 Å². The molecule has 0 saturated carbocycles. The fourth-order valence-corrected chi connectivity index (χ4v) is 2.33. The molecule has 0 aromatic heterocycles. The van der Waals surface area contributed by atoms with Crippen molar-refractivity contribution in [2.45, 2.75) is 59.2 Å². The first-order chi connectivity index (χ1) is 8.04. The van der Waals surface area contributed by atoms with E-state index < -0.39 is 0 Å². The van der Waals surface area contributed by atoms with Crippen LogP contribution in [0.4, 0.5) is 5.69 Å². The van der Waals surface area contributed by atoms with E-state index in [0.717, 1.165) is 12.2 Å². The van der Waals surface area contributed by atoms with Gasteiger partial charge in [0.05, 0.1) is 0 Å². The van der Waals surface area contributed by atoms with E-state index >= 15 is 0 Å². The SMILES string of the molecule is CCCC(C)N(Cc1cccc(N)c1)C(C)C. The molecule has 1 aromatic rings. The Hall–Kier alpha value is -1.02. The molecule has 1 aromatic carbocycles. The Labute approximate surface area is 106 Å². The maximum atomic E-state index is 5.83. The van der Waals surface area contributed by atoms with Crippen LogP contribution >= 0.6 is 0 Å². The van der Waals surface area contributed by atoms with E-state index in [1.807, 2.05) is 12.1 Å². The van der Waals surface area contributed by atoms with Crippen molar-refractivity contribution < 1.29 is 0 Å². The van der Waals surface area contributed by atoms with Crippen LogP contribution in [0.5, 0.6) is 0 Å². The summed E-state index contributed by atoms with van der Waals surface area (Å²) in [4.78, 5) is 2.54. The van der Waals surface area contributed by atoms with Crippen molar-refractivity contribution in [3.05, 3.63) is 29.8 Å². The van der Waals surface area contributed by atoms with Crippen LogP contribution in [0.1, 0.15) is 46.1 Å². The van der Waals surface area contributed by atoms with Crippen molar-refractivity contribution in [1.29, 1.82) is 0 Å². The Morgan fingerprint density at radius 2 is 1.94 bits per heavy atom. The van der Waals surface area contributed by atoms with Gasteiger partial charge in [-0.1, -0.05) is 25.5 Å². The summed E-state index contributed by atoms with van der Waals surface area (Å²) in [6, 6.07) is 9.41. The molecule has 0 bridgehead atoms. The monoisotopic (exact) mass is 234 g/mol. The van der Waals surface area contributed by atoms with Crippen molar-refractivity contribution in [3.8, 4) is 0 Å². The Bertz CT molecular complexity index is 333. The lowest BCUT2D eigenvalue weighted by Gasteiger charge is -2.32. The van der Waals surface area contributed by atoms with Gasteiger partial charge in [-0.2, -0.15) is 0 Å². The minimum Gasteiger partial charge on any atom is -0.399 e. The number of rotatable bonds is 6. The van der Waals surface area contributed by atoms with Gasteiger partial charge in [0.25, 0.3) is 0 Å². The van der Waals surface area contributed by atoms with E-state index in [-0.39, 0.29) is 0 Å². The normalized spacial score (nSPS) is 13.3. The summed E-state index contributed by atoms with van der Waals surface area (Å²) in [7, 11) is 0. The molecule has 0 aliphatic carbocycles. The average molecular weight is 234 g/mol. The second-order valence-corrected chi connectivity index (χ2v) is 5.15. The van der Waals surface area contributed by atoms with Crippen LogP contribution in [0.3, 0.4) is 0 Å². The van der Waals surface area contributed by atoms with Crippen LogP contribution in [0, 0.1) is 0 Å². The number of nitrogens with two attached hydrogens (primary N) is 1. The summed E-state index contributed by atoms with van der Waals surface area (Å²) in [5, 5.41) is 0. The largest absolute Gasteiger partial charge is 0.399 e.